The van der Waals surface area contributed by atoms with E-state index in [2.05, 4.69) is 33.9 Å². The summed E-state index contributed by atoms with van der Waals surface area (Å²) in [5, 5.41) is 19.5. The SMILES string of the molecule is C[SiH](C)OC(C1OCC(O)CC1O)C(C)(C)C. The van der Waals surface area contributed by atoms with Crippen LogP contribution in [0.4, 0.5) is 0 Å². The Labute approximate surface area is 106 Å². The first-order chi connectivity index (χ1) is 7.71. The summed E-state index contributed by atoms with van der Waals surface area (Å²) in [4.78, 5) is 0. The third-order valence-corrected chi connectivity index (χ3v) is 3.78. The number of hydrogen-bond acceptors (Lipinski definition) is 4. The van der Waals surface area contributed by atoms with Gasteiger partial charge in [-0.15, -0.1) is 0 Å². The molecule has 2 N–H and O–H groups in total. The number of aliphatic hydroxyl groups is 2. The highest BCUT2D eigenvalue weighted by atomic mass is 28.3. The monoisotopic (exact) mass is 262 g/mol. The first kappa shape index (κ1) is 15.1. The maximum absolute atomic E-state index is 10.0. The zero-order valence-electron chi connectivity index (χ0n) is 11.5. The van der Waals surface area contributed by atoms with Gasteiger partial charge >= 0.3 is 0 Å². The van der Waals surface area contributed by atoms with E-state index in [0.717, 1.165) is 0 Å². The van der Waals surface area contributed by atoms with Crippen molar-refractivity contribution in [3.8, 4) is 0 Å². The molecule has 1 aliphatic heterocycles. The second kappa shape index (κ2) is 5.80. The van der Waals surface area contributed by atoms with E-state index in [-0.39, 0.29) is 24.2 Å². The summed E-state index contributed by atoms with van der Waals surface area (Å²) in [5.41, 5.74) is -0.0782. The van der Waals surface area contributed by atoms with E-state index in [9.17, 15) is 10.2 Å². The molecule has 17 heavy (non-hydrogen) atoms. The van der Waals surface area contributed by atoms with Crippen molar-refractivity contribution in [2.75, 3.05) is 6.61 Å². The summed E-state index contributed by atoms with van der Waals surface area (Å²) in [5.74, 6) is 0. The summed E-state index contributed by atoms with van der Waals surface area (Å²) in [6, 6.07) is 0. The van der Waals surface area contributed by atoms with E-state index in [1.807, 2.05) is 0 Å². The molecule has 102 valence electrons. The zero-order valence-corrected chi connectivity index (χ0v) is 12.7. The standard InChI is InChI=1S/C12H26O4Si/c1-12(2,3)11(16-17(4)5)10-9(14)6-8(13)7-15-10/h8-11,13-14,17H,6-7H2,1-5H3. The summed E-state index contributed by atoms with van der Waals surface area (Å²) in [7, 11) is -1.20. The van der Waals surface area contributed by atoms with Gasteiger partial charge < -0.3 is 19.4 Å². The van der Waals surface area contributed by atoms with Crippen LogP contribution in [0.2, 0.25) is 13.1 Å². The van der Waals surface area contributed by atoms with E-state index in [4.69, 9.17) is 9.16 Å². The van der Waals surface area contributed by atoms with Crippen LogP contribution in [0.5, 0.6) is 0 Å². The van der Waals surface area contributed by atoms with Crippen LogP contribution in [0.25, 0.3) is 0 Å². The summed E-state index contributed by atoms with van der Waals surface area (Å²) in [6.45, 7) is 10.8. The zero-order chi connectivity index (χ0) is 13.2. The van der Waals surface area contributed by atoms with Gasteiger partial charge in [-0.25, -0.2) is 0 Å². The maximum Gasteiger partial charge on any atom is 0.171 e. The van der Waals surface area contributed by atoms with Crippen molar-refractivity contribution >= 4 is 9.04 Å². The van der Waals surface area contributed by atoms with Gasteiger partial charge in [0.25, 0.3) is 0 Å². The fourth-order valence-corrected chi connectivity index (χ4v) is 3.32. The minimum absolute atomic E-state index is 0.0782. The second-order valence-corrected chi connectivity index (χ2v) is 8.60. The van der Waals surface area contributed by atoms with Gasteiger partial charge in [-0.2, -0.15) is 0 Å². The minimum Gasteiger partial charge on any atom is -0.414 e. The molecule has 1 heterocycles. The van der Waals surface area contributed by atoms with Crippen LogP contribution in [0.1, 0.15) is 27.2 Å². The van der Waals surface area contributed by atoms with Gasteiger partial charge in [0, 0.05) is 6.42 Å². The molecule has 0 aromatic heterocycles. The quantitative estimate of drug-likeness (QED) is 0.742. The van der Waals surface area contributed by atoms with Crippen molar-refractivity contribution in [2.24, 2.45) is 5.41 Å². The number of rotatable bonds is 3. The molecule has 0 aromatic rings. The van der Waals surface area contributed by atoms with Crippen molar-refractivity contribution in [2.45, 2.75) is 64.7 Å². The van der Waals surface area contributed by atoms with Gasteiger partial charge in [-0.05, 0) is 18.5 Å². The van der Waals surface area contributed by atoms with Crippen LogP contribution in [-0.2, 0) is 9.16 Å². The Balaban J connectivity index is 2.76. The van der Waals surface area contributed by atoms with E-state index < -0.39 is 21.2 Å². The Morgan fingerprint density at radius 3 is 2.29 bits per heavy atom. The van der Waals surface area contributed by atoms with Gasteiger partial charge in [0.05, 0.1) is 24.9 Å². The van der Waals surface area contributed by atoms with Crippen molar-refractivity contribution in [1.29, 1.82) is 0 Å². The van der Waals surface area contributed by atoms with Crippen molar-refractivity contribution in [3.63, 3.8) is 0 Å². The molecule has 0 aliphatic carbocycles. The molecule has 4 unspecified atom stereocenters. The molecule has 0 amide bonds. The van der Waals surface area contributed by atoms with Crippen LogP contribution in [0.3, 0.4) is 0 Å². The van der Waals surface area contributed by atoms with Crippen LogP contribution in [0.15, 0.2) is 0 Å². The van der Waals surface area contributed by atoms with E-state index in [0.29, 0.717) is 6.42 Å². The highest BCUT2D eigenvalue weighted by Gasteiger charge is 2.41. The molecule has 0 spiro atoms. The molecule has 4 atom stereocenters. The molecule has 1 saturated heterocycles. The topological polar surface area (TPSA) is 58.9 Å². The van der Waals surface area contributed by atoms with Gasteiger partial charge in [0.2, 0.25) is 0 Å². The summed E-state index contributed by atoms with van der Waals surface area (Å²) >= 11 is 0. The maximum atomic E-state index is 10.0. The lowest BCUT2D eigenvalue weighted by molar-refractivity contribution is -0.173. The number of ether oxygens (including phenoxy) is 1. The van der Waals surface area contributed by atoms with Crippen LogP contribution >= 0.6 is 0 Å². The molecule has 1 rings (SSSR count). The Morgan fingerprint density at radius 1 is 1.29 bits per heavy atom. The molecular formula is C12H26O4Si. The Bertz CT molecular complexity index is 239. The molecule has 4 nitrogen and oxygen atoms in total. The first-order valence-electron chi connectivity index (χ1n) is 6.35. The predicted molar refractivity (Wildman–Crippen MR) is 69.6 cm³/mol. The lowest BCUT2D eigenvalue weighted by atomic mass is 9.82. The third-order valence-electron chi connectivity index (χ3n) is 2.94. The molecule has 0 bridgehead atoms. The summed E-state index contributed by atoms with van der Waals surface area (Å²) in [6.07, 6.45) is -1.26. The van der Waals surface area contributed by atoms with E-state index in [1.54, 1.807) is 0 Å². The van der Waals surface area contributed by atoms with Crippen LogP contribution in [0, 0.1) is 5.41 Å². The third kappa shape index (κ3) is 4.33. The highest BCUT2D eigenvalue weighted by Crippen LogP contribution is 2.31. The second-order valence-electron chi connectivity index (χ2n) is 6.23. The fourth-order valence-electron chi connectivity index (χ4n) is 2.17. The van der Waals surface area contributed by atoms with E-state index in [1.165, 1.54) is 0 Å². The Hall–Kier alpha value is 0.0569. The largest absolute Gasteiger partial charge is 0.414 e. The lowest BCUT2D eigenvalue weighted by Crippen LogP contribution is -2.53. The molecule has 1 aliphatic rings. The molecule has 0 aromatic carbocycles. The predicted octanol–water partition coefficient (Wildman–Crippen LogP) is 0.912. The minimum atomic E-state index is -1.20. The average molecular weight is 262 g/mol. The van der Waals surface area contributed by atoms with Crippen LogP contribution < -0.4 is 0 Å². The molecular weight excluding hydrogens is 236 g/mol. The van der Waals surface area contributed by atoms with Crippen molar-refractivity contribution in [3.05, 3.63) is 0 Å². The number of aliphatic hydroxyl groups excluding tert-OH is 2. The Kier molecular flexibility index (Phi) is 5.16. The fraction of sp³-hybridized carbons (Fsp3) is 1.00. The van der Waals surface area contributed by atoms with Crippen molar-refractivity contribution < 1.29 is 19.4 Å². The molecule has 0 saturated carbocycles. The van der Waals surface area contributed by atoms with Gasteiger partial charge in [0.15, 0.2) is 9.04 Å². The highest BCUT2D eigenvalue weighted by molar-refractivity contribution is 6.48. The molecule has 1 fully saturated rings. The van der Waals surface area contributed by atoms with Crippen molar-refractivity contribution in [1.82, 2.24) is 0 Å². The average Bonchev–Trinajstić information content (AvgIpc) is 2.13. The van der Waals surface area contributed by atoms with Gasteiger partial charge in [0.1, 0.15) is 6.10 Å². The van der Waals surface area contributed by atoms with Gasteiger partial charge in [-0.1, -0.05) is 20.8 Å². The normalized spacial score (nSPS) is 32.8. The smallest absolute Gasteiger partial charge is 0.171 e. The molecule has 0 radical (unpaired) electrons. The lowest BCUT2D eigenvalue weighted by Gasteiger charge is -2.42. The Morgan fingerprint density at radius 2 is 1.88 bits per heavy atom. The van der Waals surface area contributed by atoms with E-state index >= 15 is 0 Å². The number of hydrogen-bond donors (Lipinski definition) is 2. The van der Waals surface area contributed by atoms with Gasteiger partial charge in [-0.3, -0.25) is 0 Å². The first-order valence-corrected chi connectivity index (χ1v) is 9.13. The molecule has 5 heteroatoms. The summed E-state index contributed by atoms with van der Waals surface area (Å²) < 4.78 is 11.6. The van der Waals surface area contributed by atoms with Crippen LogP contribution in [-0.4, -0.2) is 50.3 Å².